The van der Waals surface area contributed by atoms with E-state index in [-0.39, 0.29) is 23.5 Å². The van der Waals surface area contributed by atoms with Gasteiger partial charge in [0.05, 0.1) is 24.3 Å². The van der Waals surface area contributed by atoms with Crippen LogP contribution in [0.1, 0.15) is 23.6 Å². The second-order valence-electron chi connectivity index (χ2n) is 8.29. The zero-order valence-corrected chi connectivity index (χ0v) is 18.0. The predicted octanol–water partition coefficient (Wildman–Crippen LogP) is 3.30. The molecule has 0 aromatic heterocycles. The summed E-state index contributed by atoms with van der Waals surface area (Å²) < 4.78 is 19.9. The fraction of sp³-hybridized carbons (Fsp3) is 0.391. The molecule has 2 aromatic carbocycles. The summed E-state index contributed by atoms with van der Waals surface area (Å²) in [6, 6.07) is 10.5. The van der Waals surface area contributed by atoms with Gasteiger partial charge in [0.1, 0.15) is 17.3 Å². The Morgan fingerprint density at radius 2 is 2.03 bits per heavy atom. The van der Waals surface area contributed by atoms with E-state index < -0.39 is 6.04 Å². The molecule has 0 unspecified atom stereocenters. The number of amides is 2. The van der Waals surface area contributed by atoms with Gasteiger partial charge in [0.2, 0.25) is 0 Å². The van der Waals surface area contributed by atoms with E-state index in [1.54, 1.807) is 36.2 Å². The lowest BCUT2D eigenvalue weighted by Crippen LogP contribution is -2.41. The minimum Gasteiger partial charge on any atom is -0.508 e. The number of hydrogen-bond acceptors (Lipinski definition) is 5. The average Bonchev–Trinajstić information content (AvgIpc) is 3.13. The standard InChI is InChI=1S/C23H27FN4O3/c1-26(2)10-5-11-27(3)23(30)28-22(15-6-4-7-17(29)12-15)19-14-31-20-9-8-16(24)13-18(20)21(19)25-28/h4,6-9,12-13,19,22,29H,5,10-11,14H2,1-3H3/t19-,22+/m0/s1. The van der Waals surface area contributed by atoms with E-state index in [2.05, 4.69) is 10.0 Å². The van der Waals surface area contributed by atoms with Crippen LogP contribution in [-0.4, -0.2) is 72.5 Å². The minimum atomic E-state index is -0.456. The van der Waals surface area contributed by atoms with Crippen LogP contribution in [0, 0.1) is 11.7 Å². The lowest BCUT2D eigenvalue weighted by Gasteiger charge is -2.31. The van der Waals surface area contributed by atoms with E-state index in [1.807, 2.05) is 20.2 Å². The fourth-order valence-corrected chi connectivity index (χ4v) is 4.14. The van der Waals surface area contributed by atoms with Crippen molar-refractivity contribution in [1.29, 1.82) is 0 Å². The van der Waals surface area contributed by atoms with Crippen molar-refractivity contribution in [3.8, 4) is 11.5 Å². The maximum Gasteiger partial charge on any atom is 0.340 e. The van der Waals surface area contributed by atoms with Crippen LogP contribution in [0.4, 0.5) is 9.18 Å². The van der Waals surface area contributed by atoms with Gasteiger partial charge in [-0.05, 0) is 63.0 Å². The van der Waals surface area contributed by atoms with E-state index >= 15 is 0 Å². The minimum absolute atomic E-state index is 0.112. The molecule has 2 aliphatic rings. The highest BCUT2D eigenvalue weighted by Crippen LogP contribution is 2.43. The molecule has 4 rings (SSSR count). The molecule has 2 aliphatic heterocycles. The number of rotatable bonds is 5. The molecule has 164 valence electrons. The number of fused-ring (bicyclic) bond motifs is 3. The van der Waals surface area contributed by atoms with Gasteiger partial charge in [-0.3, -0.25) is 0 Å². The summed E-state index contributed by atoms with van der Waals surface area (Å²) in [5, 5.41) is 16.1. The number of halogens is 1. The number of benzene rings is 2. The van der Waals surface area contributed by atoms with Crippen LogP contribution >= 0.6 is 0 Å². The summed E-state index contributed by atoms with van der Waals surface area (Å²) in [6.07, 6.45) is 0.830. The van der Waals surface area contributed by atoms with E-state index in [1.165, 1.54) is 17.1 Å². The Bertz CT molecular complexity index is 1010. The van der Waals surface area contributed by atoms with E-state index in [0.717, 1.165) is 18.5 Å². The molecule has 7 nitrogen and oxygen atoms in total. The Labute approximate surface area is 181 Å². The molecule has 0 fully saturated rings. The Morgan fingerprint density at radius 3 is 2.77 bits per heavy atom. The SMILES string of the molecule is CN(C)CCCN(C)C(=O)N1N=C2c3cc(F)ccc3OC[C@@H]2[C@H]1c1cccc(O)c1. The summed E-state index contributed by atoms with van der Waals surface area (Å²) in [5.74, 6) is 0.0148. The third kappa shape index (κ3) is 4.20. The van der Waals surface area contributed by atoms with Crippen LogP contribution in [0.3, 0.4) is 0 Å². The second kappa shape index (κ2) is 8.55. The molecule has 2 heterocycles. The third-order valence-corrected chi connectivity index (χ3v) is 5.68. The average molecular weight is 426 g/mol. The van der Waals surface area contributed by atoms with Crippen LogP contribution in [0.25, 0.3) is 0 Å². The number of aromatic hydroxyl groups is 1. The molecule has 0 bridgehead atoms. The summed E-state index contributed by atoms with van der Waals surface area (Å²) in [5.41, 5.74) is 1.94. The monoisotopic (exact) mass is 426 g/mol. The fourth-order valence-electron chi connectivity index (χ4n) is 4.14. The van der Waals surface area contributed by atoms with Crippen molar-refractivity contribution in [3.63, 3.8) is 0 Å². The summed E-state index contributed by atoms with van der Waals surface area (Å²) in [4.78, 5) is 17.1. The molecule has 1 N–H and O–H groups in total. The van der Waals surface area contributed by atoms with Gasteiger partial charge in [0.15, 0.2) is 0 Å². The van der Waals surface area contributed by atoms with Gasteiger partial charge >= 0.3 is 6.03 Å². The van der Waals surface area contributed by atoms with Gasteiger partial charge in [-0.15, -0.1) is 0 Å². The molecule has 2 amide bonds. The zero-order valence-electron chi connectivity index (χ0n) is 18.0. The topological polar surface area (TPSA) is 68.6 Å². The van der Waals surface area contributed by atoms with Gasteiger partial charge in [-0.1, -0.05) is 12.1 Å². The molecule has 31 heavy (non-hydrogen) atoms. The van der Waals surface area contributed by atoms with Crippen molar-refractivity contribution >= 4 is 11.7 Å². The molecular weight excluding hydrogens is 399 g/mol. The highest BCUT2D eigenvalue weighted by Gasteiger charge is 2.46. The van der Waals surface area contributed by atoms with Gasteiger partial charge in [-0.2, -0.15) is 5.10 Å². The first-order valence-corrected chi connectivity index (χ1v) is 10.3. The molecule has 8 heteroatoms. The molecule has 2 atom stereocenters. The van der Waals surface area contributed by atoms with Crippen LogP contribution in [0.2, 0.25) is 0 Å². The summed E-state index contributed by atoms with van der Waals surface area (Å²) in [7, 11) is 5.74. The first kappa shape index (κ1) is 21.1. The first-order valence-electron chi connectivity index (χ1n) is 10.3. The van der Waals surface area contributed by atoms with Crippen molar-refractivity contribution in [2.45, 2.75) is 12.5 Å². The lowest BCUT2D eigenvalue weighted by atomic mass is 9.86. The number of carbonyl (C=O) groups is 1. The van der Waals surface area contributed by atoms with Crippen molar-refractivity contribution < 1.29 is 19.0 Å². The Hall–Kier alpha value is -3.13. The molecule has 0 radical (unpaired) electrons. The van der Waals surface area contributed by atoms with Crippen molar-refractivity contribution in [2.24, 2.45) is 11.0 Å². The maximum atomic E-state index is 14.0. The van der Waals surface area contributed by atoms with Gasteiger partial charge in [0, 0.05) is 19.2 Å². The molecule has 0 saturated carbocycles. The molecular formula is C23H27FN4O3. The number of phenols is 1. The van der Waals surface area contributed by atoms with Crippen LogP contribution in [0.5, 0.6) is 11.5 Å². The number of ether oxygens (including phenoxy) is 1. The van der Waals surface area contributed by atoms with Crippen LogP contribution < -0.4 is 4.74 Å². The first-order chi connectivity index (χ1) is 14.8. The van der Waals surface area contributed by atoms with Crippen LogP contribution in [-0.2, 0) is 0 Å². The summed E-state index contributed by atoms with van der Waals surface area (Å²) in [6.45, 7) is 1.76. The number of nitrogens with zero attached hydrogens (tertiary/aromatic N) is 4. The Morgan fingerprint density at radius 1 is 1.23 bits per heavy atom. The van der Waals surface area contributed by atoms with E-state index in [9.17, 15) is 14.3 Å². The number of hydrazone groups is 1. The molecule has 2 aromatic rings. The molecule has 0 aliphatic carbocycles. The van der Waals surface area contributed by atoms with E-state index in [4.69, 9.17) is 4.74 Å². The van der Waals surface area contributed by atoms with Gasteiger partial charge < -0.3 is 19.6 Å². The largest absolute Gasteiger partial charge is 0.508 e. The van der Waals surface area contributed by atoms with Crippen molar-refractivity contribution in [1.82, 2.24) is 14.8 Å². The van der Waals surface area contributed by atoms with Crippen LogP contribution in [0.15, 0.2) is 47.6 Å². The Kier molecular flexibility index (Phi) is 5.82. The number of carbonyl (C=O) groups excluding carboxylic acids is 1. The van der Waals surface area contributed by atoms with Crippen molar-refractivity contribution in [3.05, 3.63) is 59.4 Å². The summed E-state index contributed by atoms with van der Waals surface area (Å²) >= 11 is 0. The third-order valence-electron chi connectivity index (χ3n) is 5.68. The highest BCUT2D eigenvalue weighted by molar-refractivity contribution is 6.07. The smallest absolute Gasteiger partial charge is 0.340 e. The number of hydrogen-bond donors (Lipinski definition) is 1. The zero-order chi connectivity index (χ0) is 22.1. The normalized spacial score (nSPS) is 19.5. The predicted molar refractivity (Wildman–Crippen MR) is 116 cm³/mol. The molecule has 0 saturated heterocycles. The maximum absolute atomic E-state index is 14.0. The quantitative estimate of drug-likeness (QED) is 0.797. The second-order valence-corrected chi connectivity index (χ2v) is 8.29. The number of phenolic OH excluding ortho intramolecular Hbond substituents is 1. The van der Waals surface area contributed by atoms with Crippen molar-refractivity contribution in [2.75, 3.05) is 40.8 Å². The Balaban J connectivity index is 1.69. The van der Waals surface area contributed by atoms with Gasteiger partial charge in [-0.25, -0.2) is 14.2 Å². The number of urea groups is 1. The molecule has 0 spiro atoms. The lowest BCUT2D eigenvalue weighted by molar-refractivity contribution is 0.132. The highest BCUT2D eigenvalue weighted by atomic mass is 19.1. The van der Waals surface area contributed by atoms with Gasteiger partial charge in [0.25, 0.3) is 0 Å². The van der Waals surface area contributed by atoms with E-state index in [0.29, 0.717) is 30.2 Å².